The molecule has 0 heterocycles. The summed E-state index contributed by atoms with van der Waals surface area (Å²) in [6, 6.07) is 1.16. The number of carbonyl (C=O) groups excluding carboxylic acids is 1. The van der Waals surface area contributed by atoms with E-state index in [9.17, 15) is 18.7 Å². The van der Waals surface area contributed by atoms with Gasteiger partial charge in [-0.3, -0.25) is 0 Å². The number of nitrogens with one attached hydrogen (secondary N) is 2. The van der Waals surface area contributed by atoms with Gasteiger partial charge in [0.25, 0.3) is 0 Å². The van der Waals surface area contributed by atoms with Gasteiger partial charge in [-0.25, -0.2) is 13.6 Å². The minimum Gasteiger partial charge on any atom is -0.385 e. The molecule has 1 atom stereocenters. The molecule has 3 rings (SSSR count). The maximum Gasteiger partial charge on any atom is 0.319 e. The third-order valence-electron chi connectivity index (χ3n) is 5.39. The molecule has 26 heavy (non-hydrogen) atoms. The Morgan fingerprint density at radius 2 is 1.96 bits per heavy atom. The largest absolute Gasteiger partial charge is 0.385 e. The molecule has 0 saturated heterocycles. The van der Waals surface area contributed by atoms with E-state index >= 15 is 0 Å². The molecule has 1 unspecified atom stereocenters. The second-order valence-corrected chi connectivity index (χ2v) is 8.27. The summed E-state index contributed by atoms with van der Waals surface area (Å²) in [5, 5.41) is 16.3. The van der Waals surface area contributed by atoms with Gasteiger partial charge in [0, 0.05) is 19.4 Å². The Hall–Kier alpha value is -1.11. The van der Waals surface area contributed by atoms with Crippen LogP contribution in [0.25, 0.3) is 0 Å². The van der Waals surface area contributed by atoms with Crippen LogP contribution in [0.4, 0.5) is 19.3 Å². The summed E-state index contributed by atoms with van der Waals surface area (Å²) in [7, 11) is 0. The van der Waals surface area contributed by atoms with Crippen LogP contribution in [0.15, 0.2) is 6.07 Å². The zero-order chi connectivity index (χ0) is 19.1. The Bertz CT molecular complexity index is 716. The predicted octanol–water partition coefficient (Wildman–Crippen LogP) is 5.09. The number of aliphatic hydroxyl groups is 1. The lowest BCUT2D eigenvalue weighted by Gasteiger charge is -2.28. The molecule has 0 aliphatic heterocycles. The first kappa shape index (κ1) is 19.6. The van der Waals surface area contributed by atoms with E-state index in [4.69, 9.17) is 23.2 Å². The number of hydrogen-bond donors (Lipinski definition) is 3. The van der Waals surface area contributed by atoms with Gasteiger partial charge in [0.1, 0.15) is 0 Å². The summed E-state index contributed by atoms with van der Waals surface area (Å²) in [5.74, 6) is -2.53. The highest BCUT2D eigenvalue weighted by molar-refractivity contribution is 6.40. The molecule has 1 saturated carbocycles. The standard InChI is InChI=1S/C18H22Cl2F2N2O2/c1-17(26)5-4-11-12(17)8-13(19)15(14(11)20)24-16(25)23-9-10-2-6-18(21,22)7-3-10/h8,10,26H,2-7,9H2,1H3,(H2,23,24,25). The van der Waals surface area contributed by atoms with Gasteiger partial charge in [-0.1, -0.05) is 23.2 Å². The highest BCUT2D eigenvalue weighted by Gasteiger charge is 2.36. The third kappa shape index (κ3) is 4.07. The monoisotopic (exact) mass is 406 g/mol. The molecule has 2 aliphatic rings. The summed E-state index contributed by atoms with van der Waals surface area (Å²) in [6.07, 6.45) is 1.66. The first-order chi connectivity index (χ1) is 12.1. The van der Waals surface area contributed by atoms with E-state index in [1.54, 1.807) is 13.0 Å². The molecule has 2 amide bonds. The quantitative estimate of drug-likeness (QED) is 0.654. The Balaban J connectivity index is 1.62. The van der Waals surface area contributed by atoms with Crippen molar-refractivity contribution in [2.45, 2.75) is 57.0 Å². The second-order valence-electron chi connectivity index (χ2n) is 7.48. The van der Waals surface area contributed by atoms with Gasteiger partial charge in [-0.05, 0) is 55.7 Å². The van der Waals surface area contributed by atoms with Gasteiger partial charge in [0.05, 0.1) is 21.3 Å². The first-order valence-electron chi connectivity index (χ1n) is 8.75. The topological polar surface area (TPSA) is 61.4 Å². The van der Waals surface area contributed by atoms with Gasteiger partial charge in [-0.15, -0.1) is 0 Å². The smallest absolute Gasteiger partial charge is 0.319 e. The number of halogens is 4. The lowest BCUT2D eigenvalue weighted by Crippen LogP contribution is -2.36. The van der Waals surface area contributed by atoms with E-state index in [0.29, 0.717) is 48.5 Å². The van der Waals surface area contributed by atoms with Crippen molar-refractivity contribution in [2.75, 3.05) is 11.9 Å². The summed E-state index contributed by atoms with van der Waals surface area (Å²) >= 11 is 12.6. The highest BCUT2D eigenvalue weighted by atomic mass is 35.5. The number of amides is 2. The Kier molecular flexibility index (Phi) is 5.39. The van der Waals surface area contributed by atoms with Gasteiger partial charge >= 0.3 is 6.03 Å². The van der Waals surface area contributed by atoms with Crippen LogP contribution >= 0.6 is 23.2 Å². The lowest BCUT2D eigenvalue weighted by atomic mass is 9.87. The van der Waals surface area contributed by atoms with Crippen LogP contribution in [0.3, 0.4) is 0 Å². The molecule has 2 aliphatic carbocycles. The van der Waals surface area contributed by atoms with Crippen molar-refractivity contribution in [1.29, 1.82) is 0 Å². The fourth-order valence-corrected chi connectivity index (χ4v) is 4.35. The van der Waals surface area contributed by atoms with E-state index in [-0.39, 0.29) is 23.8 Å². The van der Waals surface area contributed by atoms with Crippen molar-refractivity contribution >= 4 is 34.9 Å². The predicted molar refractivity (Wildman–Crippen MR) is 98.3 cm³/mol. The number of carbonyl (C=O) groups is 1. The number of urea groups is 1. The molecular weight excluding hydrogens is 385 g/mol. The Morgan fingerprint density at radius 1 is 1.31 bits per heavy atom. The zero-order valence-electron chi connectivity index (χ0n) is 14.5. The average molecular weight is 407 g/mol. The fourth-order valence-electron chi connectivity index (χ4n) is 3.70. The van der Waals surface area contributed by atoms with Crippen LogP contribution in [-0.2, 0) is 12.0 Å². The minimum absolute atomic E-state index is 0.0430. The van der Waals surface area contributed by atoms with Crippen molar-refractivity contribution < 1.29 is 18.7 Å². The molecule has 0 bridgehead atoms. The fraction of sp³-hybridized carbons (Fsp3) is 0.611. The number of fused-ring (bicyclic) bond motifs is 1. The molecule has 1 aromatic carbocycles. The summed E-state index contributed by atoms with van der Waals surface area (Å²) in [5.41, 5.74) is 0.789. The van der Waals surface area contributed by atoms with E-state index in [2.05, 4.69) is 10.6 Å². The Morgan fingerprint density at radius 3 is 2.62 bits per heavy atom. The van der Waals surface area contributed by atoms with Crippen LogP contribution in [-0.4, -0.2) is 23.6 Å². The van der Waals surface area contributed by atoms with Crippen LogP contribution in [0.2, 0.25) is 10.0 Å². The van der Waals surface area contributed by atoms with Gasteiger partial charge < -0.3 is 15.7 Å². The maximum absolute atomic E-state index is 13.2. The van der Waals surface area contributed by atoms with Crippen molar-refractivity contribution in [3.8, 4) is 0 Å². The molecule has 0 aromatic heterocycles. The average Bonchev–Trinajstić information content (AvgIpc) is 2.85. The third-order valence-corrected chi connectivity index (χ3v) is 6.10. The first-order valence-corrected chi connectivity index (χ1v) is 9.51. The van der Waals surface area contributed by atoms with Crippen molar-refractivity contribution in [2.24, 2.45) is 5.92 Å². The highest BCUT2D eigenvalue weighted by Crippen LogP contribution is 2.45. The van der Waals surface area contributed by atoms with Crippen LogP contribution in [0.5, 0.6) is 0 Å². The van der Waals surface area contributed by atoms with Crippen LogP contribution < -0.4 is 10.6 Å². The number of anilines is 1. The lowest BCUT2D eigenvalue weighted by molar-refractivity contribution is -0.0451. The number of rotatable bonds is 3. The SMILES string of the molecule is CC1(O)CCc2c1cc(Cl)c(NC(=O)NCC1CCC(F)(F)CC1)c2Cl. The summed E-state index contributed by atoms with van der Waals surface area (Å²) in [6.45, 7) is 2.04. The maximum atomic E-state index is 13.2. The van der Waals surface area contributed by atoms with Crippen molar-refractivity contribution in [3.63, 3.8) is 0 Å². The molecule has 4 nitrogen and oxygen atoms in total. The van der Waals surface area contributed by atoms with E-state index in [1.165, 1.54) is 0 Å². The molecule has 8 heteroatoms. The summed E-state index contributed by atoms with van der Waals surface area (Å²) in [4.78, 5) is 12.2. The zero-order valence-corrected chi connectivity index (χ0v) is 16.0. The molecular formula is C18H22Cl2F2N2O2. The van der Waals surface area contributed by atoms with Crippen molar-refractivity contribution in [3.05, 3.63) is 27.2 Å². The van der Waals surface area contributed by atoms with Crippen molar-refractivity contribution in [1.82, 2.24) is 5.32 Å². The van der Waals surface area contributed by atoms with Crippen LogP contribution in [0, 0.1) is 5.92 Å². The molecule has 3 N–H and O–H groups in total. The summed E-state index contributed by atoms with van der Waals surface area (Å²) < 4.78 is 26.3. The molecule has 0 spiro atoms. The van der Waals surface area contributed by atoms with Crippen LogP contribution in [0.1, 0.15) is 50.2 Å². The molecule has 144 valence electrons. The minimum atomic E-state index is -2.58. The Labute approximate surface area is 161 Å². The van der Waals surface area contributed by atoms with E-state index in [1.807, 2.05) is 0 Å². The molecule has 0 radical (unpaired) electrons. The van der Waals surface area contributed by atoms with Gasteiger partial charge in [0.15, 0.2) is 0 Å². The molecule has 1 fully saturated rings. The normalized spacial score (nSPS) is 25.0. The van der Waals surface area contributed by atoms with E-state index in [0.717, 1.165) is 5.56 Å². The van der Waals surface area contributed by atoms with Gasteiger partial charge in [0.2, 0.25) is 5.92 Å². The number of hydrogen-bond acceptors (Lipinski definition) is 2. The number of benzene rings is 1. The second kappa shape index (κ2) is 7.13. The number of alkyl halides is 2. The molecule has 1 aromatic rings. The van der Waals surface area contributed by atoms with Gasteiger partial charge in [-0.2, -0.15) is 0 Å². The van der Waals surface area contributed by atoms with E-state index < -0.39 is 17.6 Å².